The summed E-state index contributed by atoms with van der Waals surface area (Å²) in [4.78, 5) is 8.37. The highest BCUT2D eigenvalue weighted by atomic mass is 32.2. The first-order valence-corrected chi connectivity index (χ1v) is 8.69. The van der Waals surface area contributed by atoms with Gasteiger partial charge in [-0.3, -0.25) is 0 Å². The van der Waals surface area contributed by atoms with Crippen molar-refractivity contribution in [3.8, 4) is 0 Å². The van der Waals surface area contributed by atoms with Crippen molar-refractivity contribution in [1.29, 1.82) is 0 Å². The van der Waals surface area contributed by atoms with Gasteiger partial charge in [-0.25, -0.2) is 23.1 Å². The largest absolute Gasteiger partial charge is 0.399 e. The van der Waals surface area contributed by atoms with Gasteiger partial charge in [0.1, 0.15) is 0 Å². The zero-order chi connectivity index (χ0) is 16.9. The molecule has 23 heavy (non-hydrogen) atoms. The summed E-state index contributed by atoms with van der Waals surface area (Å²) in [6.07, 6.45) is 2.30. The minimum atomic E-state index is -3.74. The Bertz CT molecular complexity index is 761. The van der Waals surface area contributed by atoms with Gasteiger partial charge < -0.3 is 10.5 Å². The topological polar surface area (TPSA) is 107 Å². The lowest BCUT2D eigenvalue weighted by atomic mass is 10.2. The molecule has 0 saturated carbocycles. The van der Waals surface area contributed by atoms with Crippen LogP contribution in [0.25, 0.3) is 0 Å². The minimum Gasteiger partial charge on any atom is -0.399 e. The number of aryl methyl sites for hydroxylation is 1. The molecule has 0 radical (unpaired) electrons. The smallest absolute Gasteiger partial charge is 0.264 e. The first-order valence-electron chi connectivity index (χ1n) is 7.21. The summed E-state index contributed by atoms with van der Waals surface area (Å²) in [6, 6.07) is 5.91. The van der Waals surface area contributed by atoms with E-state index in [1.54, 1.807) is 6.20 Å². The summed E-state index contributed by atoms with van der Waals surface area (Å²) in [7, 11) is -3.74. The zero-order valence-electron chi connectivity index (χ0n) is 13.1. The number of sulfonamides is 1. The standard InChI is InChI=1S/C15H20N4O3S/c1-3-22-9-8-12-10-17-15(18-11(12)2)19-23(20,21)14-6-4-13(16)5-7-14/h4-7,10H,3,8-9,16H2,1-2H3,(H,17,18,19). The Balaban J connectivity index is 2.13. The van der Waals surface area contributed by atoms with Crippen LogP contribution in [0.5, 0.6) is 0 Å². The third-order valence-electron chi connectivity index (χ3n) is 3.22. The molecular weight excluding hydrogens is 316 g/mol. The van der Waals surface area contributed by atoms with Crippen molar-refractivity contribution in [3.63, 3.8) is 0 Å². The Morgan fingerprint density at radius 3 is 2.57 bits per heavy atom. The molecule has 8 heteroatoms. The Morgan fingerprint density at radius 2 is 1.96 bits per heavy atom. The molecule has 7 nitrogen and oxygen atoms in total. The number of nitrogens with two attached hydrogens (primary N) is 1. The maximum atomic E-state index is 12.3. The second-order valence-electron chi connectivity index (χ2n) is 4.93. The van der Waals surface area contributed by atoms with E-state index < -0.39 is 10.0 Å². The summed E-state index contributed by atoms with van der Waals surface area (Å²) in [6.45, 7) is 4.97. The molecule has 1 aromatic carbocycles. The molecule has 0 fully saturated rings. The average Bonchev–Trinajstić information content (AvgIpc) is 2.50. The van der Waals surface area contributed by atoms with Crippen LogP contribution in [0.2, 0.25) is 0 Å². The molecule has 0 spiro atoms. The predicted octanol–water partition coefficient (Wildman–Crippen LogP) is 1.75. The van der Waals surface area contributed by atoms with Crippen molar-refractivity contribution in [3.05, 3.63) is 41.7 Å². The van der Waals surface area contributed by atoms with Gasteiger partial charge in [0.15, 0.2) is 0 Å². The molecule has 0 atom stereocenters. The van der Waals surface area contributed by atoms with E-state index in [-0.39, 0.29) is 10.8 Å². The number of nitrogen functional groups attached to an aromatic ring is 1. The average molecular weight is 336 g/mol. The van der Waals surface area contributed by atoms with Gasteiger partial charge in [-0.2, -0.15) is 0 Å². The molecule has 0 aliphatic carbocycles. The van der Waals surface area contributed by atoms with E-state index in [1.165, 1.54) is 24.3 Å². The van der Waals surface area contributed by atoms with Gasteiger partial charge in [-0.1, -0.05) is 0 Å². The maximum Gasteiger partial charge on any atom is 0.264 e. The second-order valence-corrected chi connectivity index (χ2v) is 6.61. The van der Waals surface area contributed by atoms with E-state index in [9.17, 15) is 8.42 Å². The van der Waals surface area contributed by atoms with E-state index in [4.69, 9.17) is 10.5 Å². The van der Waals surface area contributed by atoms with Crippen LogP contribution in [0.1, 0.15) is 18.2 Å². The van der Waals surface area contributed by atoms with Gasteiger partial charge in [-0.15, -0.1) is 0 Å². The van der Waals surface area contributed by atoms with Crippen LogP contribution in [-0.4, -0.2) is 31.6 Å². The highest BCUT2D eigenvalue weighted by Gasteiger charge is 2.16. The molecule has 3 N–H and O–H groups in total. The van der Waals surface area contributed by atoms with Crippen molar-refractivity contribution in [1.82, 2.24) is 9.97 Å². The lowest BCUT2D eigenvalue weighted by Crippen LogP contribution is -2.16. The zero-order valence-corrected chi connectivity index (χ0v) is 13.9. The van der Waals surface area contributed by atoms with Crippen LogP contribution in [-0.2, 0) is 21.2 Å². The number of aromatic nitrogens is 2. The molecule has 0 saturated heterocycles. The Kier molecular flexibility index (Phi) is 5.51. The van der Waals surface area contributed by atoms with E-state index in [0.717, 1.165) is 11.3 Å². The van der Waals surface area contributed by atoms with Gasteiger partial charge in [0.05, 0.1) is 11.5 Å². The van der Waals surface area contributed by atoms with E-state index in [1.807, 2.05) is 13.8 Å². The minimum absolute atomic E-state index is 0.0412. The maximum absolute atomic E-state index is 12.3. The fourth-order valence-electron chi connectivity index (χ4n) is 1.94. The molecule has 0 unspecified atom stereocenters. The number of benzene rings is 1. The summed E-state index contributed by atoms with van der Waals surface area (Å²) in [5.74, 6) is 0.0412. The number of nitrogens with zero attached hydrogens (tertiary/aromatic N) is 2. The number of anilines is 2. The number of nitrogens with one attached hydrogen (secondary N) is 1. The van der Waals surface area contributed by atoms with Crippen molar-refractivity contribution < 1.29 is 13.2 Å². The number of rotatable bonds is 7. The first kappa shape index (κ1) is 17.2. The number of hydrogen-bond acceptors (Lipinski definition) is 6. The molecule has 124 valence electrons. The van der Waals surface area contributed by atoms with E-state index >= 15 is 0 Å². The quantitative estimate of drug-likeness (QED) is 0.589. The molecule has 0 aliphatic rings. The molecule has 0 aliphatic heterocycles. The van der Waals surface area contributed by atoms with Crippen LogP contribution in [0, 0.1) is 6.92 Å². The lowest BCUT2D eigenvalue weighted by molar-refractivity contribution is 0.150. The van der Waals surface area contributed by atoms with Gasteiger partial charge in [-0.05, 0) is 50.1 Å². The molecule has 0 amide bonds. The van der Waals surface area contributed by atoms with Crippen LogP contribution >= 0.6 is 0 Å². The van der Waals surface area contributed by atoms with Gasteiger partial charge in [0.2, 0.25) is 5.95 Å². The summed E-state index contributed by atoms with van der Waals surface area (Å²) >= 11 is 0. The number of hydrogen-bond donors (Lipinski definition) is 2. The highest BCUT2D eigenvalue weighted by Crippen LogP contribution is 2.16. The van der Waals surface area contributed by atoms with Gasteiger partial charge in [0, 0.05) is 24.2 Å². The fraction of sp³-hybridized carbons (Fsp3) is 0.333. The van der Waals surface area contributed by atoms with Crippen LogP contribution in [0.3, 0.4) is 0 Å². The lowest BCUT2D eigenvalue weighted by Gasteiger charge is -2.09. The molecule has 1 heterocycles. The Labute approximate surface area is 136 Å². The monoisotopic (exact) mass is 336 g/mol. The SMILES string of the molecule is CCOCCc1cnc(NS(=O)(=O)c2ccc(N)cc2)nc1C. The molecule has 1 aromatic heterocycles. The molecule has 0 bridgehead atoms. The van der Waals surface area contributed by atoms with E-state index in [0.29, 0.717) is 25.3 Å². The van der Waals surface area contributed by atoms with Crippen LogP contribution in [0.15, 0.2) is 35.4 Å². The van der Waals surface area contributed by atoms with Gasteiger partial charge >= 0.3 is 0 Å². The third-order valence-corrected chi connectivity index (χ3v) is 4.56. The molecular formula is C15H20N4O3S. The van der Waals surface area contributed by atoms with Gasteiger partial charge in [0.25, 0.3) is 10.0 Å². The van der Waals surface area contributed by atoms with Crippen molar-refractivity contribution >= 4 is 21.7 Å². The summed E-state index contributed by atoms with van der Waals surface area (Å²) < 4.78 is 32.2. The van der Waals surface area contributed by atoms with Crippen LogP contribution in [0.4, 0.5) is 11.6 Å². The number of ether oxygens (including phenoxy) is 1. The molecule has 2 aromatic rings. The van der Waals surface area contributed by atoms with Crippen LogP contribution < -0.4 is 10.5 Å². The summed E-state index contributed by atoms with van der Waals surface area (Å²) in [5, 5.41) is 0. The van der Waals surface area contributed by atoms with Crippen molar-refractivity contribution in [2.45, 2.75) is 25.2 Å². The predicted molar refractivity (Wildman–Crippen MR) is 88.6 cm³/mol. The third kappa shape index (κ3) is 4.64. The highest BCUT2D eigenvalue weighted by molar-refractivity contribution is 7.92. The van der Waals surface area contributed by atoms with E-state index in [2.05, 4.69) is 14.7 Å². The Hall–Kier alpha value is -2.19. The first-order chi connectivity index (χ1) is 10.9. The van der Waals surface area contributed by atoms with Crippen molar-refractivity contribution in [2.24, 2.45) is 0 Å². The summed E-state index contributed by atoms with van der Waals surface area (Å²) in [5.41, 5.74) is 7.70. The Morgan fingerprint density at radius 1 is 1.26 bits per heavy atom. The fourth-order valence-corrected chi connectivity index (χ4v) is 2.89. The normalized spacial score (nSPS) is 11.4. The van der Waals surface area contributed by atoms with Crippen molar-refractivity contribution in [2.75, 3.05) is 23.7 Å². The second kappa shape index (κ2) is 7.38. The molecule has 2 rings (SSSR count).